The first-order valence-corrected chi connectivity index (χ1v) is 7.91. The van der Waals surface area contributed by atoms with Gasteiger partial charge in [0.25, 0.3) is 0 Å². The summed E-state index contributed by atoms with van der Waals surface area (Å²) in [4.78, 5) is 0. The lowest BCUT2D eigenvalue weighted by Crippen LogP contribution is -2.57. The fourth-order valence-electron chi connectivity index (χ4n) is 1.25. The predicted molar refractivity (Wildman–Crippen MR) is 65.6 cm³/mol. The SMILES string of the molecule is CCO[Si](OCC)(OCC)C(Cl)C(C)Cl. The molecule has 2 unspecified atom stereocenters. The lowest BCUT2D eigenvalue weighted by molar-refractivity contribution is 0.0688. The van der Waals surface area contributed by atoms with E-state index in [1.807, 2.05) is 27.7 Å². The highest BCUT2D eigenvalue weighted by Gasteiger charge is 2.50. The van der Waals surface area contributed by atoms with Crippen molar-refractivity contribution < 1.29 is 13.3 Å². The molecule has 0 aliphatic carbocycles. The molecule has 92 valence electrons. The third-order valence-electron chi connectivity index (χ3n) is 1.78. The van der Waals surface area contributed by atoms with Gasteiger partial charge in [-0.1, -0.05) is 0 Å². The van der Waals surface area contributed by atoms with E-state index in [1.54, 1.807) is 0 Å². The average molecular weight is 275 g/mol. The standard InChI is InChI=1S/C9H20Cl2O3Si/c1-5-12-15(13-6-2,14-7-3)9(11)8(4)10/h8-9H,5-7H2,1-4H3. The molecule has 0 saturated heterocycles. The van der Waals surface area contributed by atoms with Crippen LogP contribution in [0.3, 0.4) is 0 Å². The molecule has 0 spiro atoms. The summed E-state index contributed by atoms with van der Waals surface area (Å²) in [6.07, 6.45) is 0. The van der Waals surface area contributed by atoms with E-state index in [1.165, 1.54) is 0 Å². The zero-order valence-corrected chi connectivity index (χ0v) is 12.3. The topological polar surface area (TPSA) is 27.7 Å². The van der Waals surface area contributed by atoms with E-state index in [0.29, 0.717) is 19.8 Å². The molecule has 0 aliphatic rings. The Bertz CT molecular complexity index is 152. The molecule has 6 heteroatoms. The largest absolute Gasteiger partial charge is 0.521 e. The summed E-state index contributed by atoms with van der Waals surface area (Å²) in [7, 11) is -2.83. The Morgan fingerprint density at radius 2 is 1.27 bits per heavy atom. The van der Waals surface area contributed by atoms with Crippen LogP contribution < -0.4 is 0 Å². The van der Waals surface area contributed by atoms with Crippen LogP contribution in [0.1, 0.15) is 27.7 Å². The van der Waals surface area contributed by atoms with Gasteiger partial charge in [0.1, 0.15) is 5.00 Å². The average Bonchev–Trinajstić information content (AvgIpc) is 2.17. The maximum atomic E-state index is 6.23. The Kier molecular flexibility index (Phi) is 8.23. The normalized spacial score (nSPS) is 16.4. The van der Waals surface area contributed by atoms with Gasteiger partial charge in [-0.25, -0.2) is 0 Å². The Hall–Kier alpha value is 0.677. The molecule has 0 rings (SSSR count). The molecule has 0 fully saturated rings. The summed E-state index contributed by atoms with van der Waals surface area (Å²) in [5.74, 6) is 0. The quantitative estimate of drug-likeness (QED) is 0.503. The fourth-order valence-corrected chi connectivity index (χ4v) is 4.78. The number of hydrogen-bond acceptors (Lipinski definition) is 3. The Morgan fingerprint density at radius 3 is 1.47 bits per heavy atom. The number of hydrogen-bond donors (Lipinski definition) is 0. The third kappa shape index (κ3) is 4.59. The molecule has 0 saturated carbocycles. The third-order valence-corrected chi connectivity index (χ3v) is 6.80. The maximum absolute atomic E-state index is 6.23. The second-order valence-electron chi connectivity index (χ2n) is 2.98. The molecule has 0 radical (unpaired) electrons. The Morgan fingerprint density at radius 1 is 0.933 bits per heavy atom. The van der Waals surface area contributed by atoms with Gasteiger partial charge in [-0.2, -0.15) is 0 Å². The molecule has 0 aromatic rings. The van der Waals surface area contributed by atoms with E-state index < -0.39 is 13.8 Å². The van der Waals surface area contributed by atoms with Gasteiger partial charge in [-0.3, -0.25) is 0 Å². The van der Waals surface area contributed by atoms with Crippen molar-refractivity contribution in [3.05, 3.63) is 0 Å². The molecule has 0 aliphatic heterocycles. The molecule has 3 nitrogen and oxygen atoms in total. The van der Waals surface area contributed by atoms with Crippen molar-refractivity contribution in [2.24, 2.45) is 0 Å². The maximum Gasteiger partial charge on any atom is 0.521 e. The van der Waals surface area contributed by atoms with Crippen LogP contribution >= 0.6 is 23.2 Å². The van der Waals surface area contributed by atoms with E-state index in [-0.39, 0.29) is 5.38 Å². The van der Waals surface area contributed by atoms with Gasteiger partial charge in [0.15, 0.2) is 0 Å². The minimum absolute atomic E-state index is 0.247. The summed E-state index contributed by atoms with van der Waals surface area (Å²) in [6.45, 7) is 9.03. The van der Waals surface area contributed by atoms with Crippen molar-refractivity contribution in [1.29, 1.82) is 0 Å². The van der Waals surface area contributed by atoms with Crippen LogP contribution in [-0.4, -0.2) is 39.0 Å². The molecule has 0 amide bonds. The monoisotopic (exact) mass is 274 g/mol. The summed E-state index contributed by atoms with van der Waals surface area (Å²) in [5, 5.41) is -0.665. The first kappa shape index (κ1) is 15.7. The van der Waals surface area contributed by atoms with E-state index in [2.05, 4.69) is 0 Å². The highest BCUT2D eigenvalue weighted by molar-refractivity contribution is 6.72. The van der Waals surface area contributed by atoms with Crippen LogP contribution in [0, 0.1) is 0 Å². The summed E-state index contributed by atoms with van der Waals surface area (Å²) < 4.78 is 16.8. The predicted octanol–water partition coefficient (Wildman–Crippen LogP) is 2.81. The Labute approximate surface area is 103 Å². The molecule has 0 aromatic heterocycles. The lowest BCUT2D eigenvalue weighted by atomic mass is 10.6. The molecule has 0 N–H and O–H groups in total. The first-order chi connectivity index (χ1) is 7.04. The number of alkyl halides is 2. The van der Waals surface area contributed by atoms with Crippen molar-refractivity contribution >= 4 is 32.0 Å². The summed E-state index contributed by atoms with van der Waals surface area (Å²) >= 11 is 12.2. The van der Waals surface area contributed by atoms with Gasteiger partial charge in [0.2, 0.25) is 0 Å². The van der Waals surface area contributed by atoms with Crippen molar-refractivity contribution in [2.75, 3.05) is 19.8 Å². The van der Waals surface area contributed by atoms with Crippen LogP contribution in [0.4, 0.5) is 0 Å². The lowest BCUT2D eigenvalue weighted by Gasteiger charge is -2.33. The Balaban J connectivity index is 4.73. The first-order valence-electron chi connectivity index (χ1n) is 5.24. The highest BCUT2D eigenvalue weighted by atomic mass is 35.5. The van der Waals surface area contributed by atoms with Gasteiger partial charge < -0.3 is 13.3 Å². The zero-order valence-electron chi connectivity index (χ0n) is 9.76. The van der Waals surface area contributed by atoms with Gasteiger partial charge in [0.05, 0.1) is 5.38 Å². The summed E-state index contributed by atoms with van der Waals surface area (Å²) in [6, 6.07) is 0. The van der Waals surface area contributed by atoms with Crippen LogP contribution in [0.15, 0.2) is 0 Å². The van der Waals surface area contributed by atoms with Crippen LogP contribution in [-0.2, 0) is 13.3 Å². The number of halogens is 2. The number of rotatable bonds is 8. The smallest absolute Gasteiger partial charge is 0.373 e. The van der Waals surface area contributed by atoms with E-state index in [0.717, 1.165) is 0 Å². The fraction of sp³-hybridized carbons (Fsp3) is 1.00. The molecule has 0 heterocycles. The molecule has 15 heavy (non-hydrogen) atoms. The zero-order chi connectivity index (χ0) is 11.9. The second-order valence-corrected chi connectivity index (χ2v) is 7.20. The highest BCUT2D eigenvalue weighted by Crippen LogP contribution is 2.25. The van der Waals surface area contributed by atoms with Gasteiger partial charge in [0, 0.05) is 19.8 Å². The molecular formula is C9H20Cl2O3Si. The van der Waals surface area contributed by atoms with Crippen LogP contribution in [0.2, 0.25) is 0 Å². The van der Waals surface area contributed by atoms with Gasteiger partial charge >= 0.3 is 8.80 Å². The van der Waals surface area contributed by atoms with E-state index in [9.17, 15) is 0 Å². The van der Waals surface area contributed by atoms with Crippen molar-refractivity contribution in [3.63, 3.8) is 0 Å². The van der Waals surface area contributed by atoms with E-state index >= 15 is 0 Å². The van der Waals surface area contributed by atoms with Crippen LogP contribution in [0.25, 0.3) is 0 Å². The molecule has 0 bridgehead atoms. The molecular weight excluding hydrogens is 255 g/mol. The second kappa shape index (κ2) is 7.87. The van der Waals surface area contributed by atoms with E-state index in [4.69, 9.17) is 36.5 Å². The molecule has 0 aromatic carbocycles. The minimum atomic E-state index is -2.83. The van der Waals surface area contributed by atoms with Crippen LogP contribution in [0.5, 0.6) is 0 Å². The van der Waals surface area contributed by atoms with Gasteiger partial charge in [-0.05, 0) is 27.7 Å². The summed E-state index contributed by atoms with van der Waals surface area (Å²) in [5.41, 5.74) is 0. The molecule has 2 atom stereocenters. The van der Waals surface area contributed by atoms with Crippen molar-refractivity contribution in [1.82, 2.24) is 0 Å². The van der Waals surface area contributed by atoms with Crippen molar-refractivity contribution in [2.45, 2.75) is 38.1 Å². The van der Waals surface area contributed by atoms with Gasteiger partial charge in [-0.15, -0.1) is 23.2 Å². The van der Waals surface area contributed by atoms with Crippen molar-refractivity contribution in [3.8, 4) is 0 Å². The minimum Gasteiger partial charge on any atom is -0.373 e.